The molecular weight excluding hydrogens is 349 g/mol. The Morgan fingerprint density at radius 1 is 1.23 bits per heavy atom. The Bertz CT molecular complexity index is 930. The monoisotopic (exact) mass is 368 g/mol. The van der Waals surface area contributed by atoms with Crippen molar-refractivity contribution in [2.45, 2.75) is 40.4 Å². The van der Waals surface area contributed by atoms with Gasteiger partial charge in [0.15, 0.2) is 0 Å². The fraction of sp³-hybridized carbons (Fsp3) is 0.500. The van der Waals surface area contributed by atoms with Crippen molar-refractivity contribution in [2.75, 3.05) is 11.9 Å². The van der Waals surface area contributed by atoms with Gasteiger partial charge in [0.1, 0.15) is 22.7 Å². The van der Waals surface area contributed by atoms with Gasteiger partial charge < -0.3 is 9.84 Å². The number of aromatic nitrogens is 5. The van der Waals surface area contributed by atoms with Crippen LogP contribution in [-0.4, -0.2) is 31.4 Å². The van der Waals surface area contributed by atoms with Crippen LogP contribution in [0.15, 0.2) is 10.6 Å². The second-order valence-electron chi connectivity index (χ2n) is 6.40. The van der Waals surface area contributed by atoms with Crippen LogP contribution >= 0.6 is 0 Å². The molecule has 26 heavy (non-hydrogen) atoms. The molecule has 0 unspecified atom stereocenters. The summed E-state index contributed by atoms with van der Waals surface area (Å²) in [6, 6.07) is 1.05. The Morgan fingerprint density at radius 2 is 1.96 bits per heavy atom. The van der Waals surface area contributed by atoms with E-state index in [2.05, 4.69) is 25.5 Å². The van der Waals surface area contributed by atoms with E-state index in [1.165, 1.54) is 0 Å². The van der Waals surface area contributed by atoms with Crippen LogP contribution in [0.5, 0.6) is 0 Å². The molecule has 0 saturated heterocycles. The summed E-state index contributed by atoms with van der Waals surface area (Å²) in [6.45, 7) is 7.44. The molecule has 1 N–H and O–H groups in total. The number of aryl methyl sites for hydroxylation is 3. The number of nitrogens with zero attached hydrogens (tertiary/aromatic N) is 5. The van der Waals surface area contributed by atoms with E-state index in [-0.39, 0.29) is 12.5 Å². The van der Waals surface area contributed by atoms with Crippen molar-refractivity contribution >= 4 is 16.9 Å². The Balaban J connectivity index is 1.75. The van der Waals surface area contributed by atoms with Crippen LogP contribution in [0.2, 0.25) is 0 Å². The van der Waals surface area contributed by atoms with Gasteiger partial charge in [0.2, 0.25) is 0 Å². The van der Waals surface area contributed by atoms with E-state index in [1.807, 2.05) is 6.92 Å². The second kappa shape index (κ2) is 6.58. The molecule has 0 aliphatic carbocycles. The molecule has 0 aliphatic heterocycles. The number of nitrogens with one attached hydrogen (secondary N) is 1. The Morgan fingerprint density at radius 3 is 2.65 bits per heavy atom. The zero-order chi connectivity index (χ0) is 19.1. The second-order valence-corrected chi connectivity index (χ2v) is 6.40. The van der Waals surface area contributed by atoms with E-state index in [0.29, 0.717) is 40.7 Å². The van der Waals surface area contributed by atoms with Gasteiger partial charge in [0, 0.05) is 13.1 Å². The van der Waals surface area contributed by atoms with Crippen molar-refractivity contribution in [2.24, 2.45) is 5.92 Å². The van der Waals surface area contributed by atoms with Crippen LogP contribution in [0, 0.1) is 26.7 Å². The first-order valence-corrected chi connectivity index (χ1v) is 8.11. The molecule has 10 heteroatoms. The van der Waals surface area contributed by atoms with Gasteiger partial charge in [0.05, 0.1) is 11.4 Å². The minimum Gasteiger partial charge on any atom is -0.369 e. The third kappa shape index (κ3) is 3.63. The third-order valence-corrected chi connectivity index (χ3v) is 3.91. The SMILES string of the molecule is Cc1cc(C(F)(F)F)n(C[C@H](C)CNc2nc(C)nc3onc(C)c23)n1. The van der Waals surface area contributed by atoms with Gasteiger partial charge >= 0.3 is 6.18 Å². The number of halogens is 3. The van der Waals surface area contributed by atoms with E-state index in [1.54, 1.807) is 20.8 Å². The lowest BCUT2D eigenvalue weighted by molar-refractivity contribution is -0.144. The molecule has 0 spiro atoms. The zero-order valence-corrected chi connectivity index (χ0v) is 14.8. The van der Waals surface area contributed by atoms with Crippen molar-refractivity contribution in [3.63, 3.8) is 0 Å². The summed E-state index contributed by atoms with van der Waals surface area (Å²) < 4.78 is 45.4. The van der Waals surface area contributed by atoms with E-state index >= 15 is 0 Å². The largest absolute Gasteiger partial charge is 0.433 e. The lowest BCUT2D eigenvalue weighted by Gasteiger charge is -2.16. The molecule has 0 bridgehead atoms. The van der Waals surface area contributed by atoms with Gasteiger partial charge in [-0.25, -0.2) is 4.98 Å². The fourth-order valence-corrected chi connectivity index (χ4v) is 2.77. The van der Waals surface area contributed by atoms with Gasteiger partial charge in [-0.2, -0.15) is 23.3 Å². The molecule has 0 fully saturated rings. The number of hydrogen-bond acceptors (Lipinski definition) is 6. The van der Waals surface area contributed by atoms with Gasteiger partial charge in [-0.05, 0) is 32.8 Å². The van der Waals surface area contributed by atoms with Crippen molar-refractivity contribution in [1.29, 1.82) is 0 Å². The topological polar surface area (TPSA) is 81.7 Å². The minimum atomic E-state index is -4.43. The van der Waals surface area contributed by atoms with E-state index in [4.69, 9.17) is 4.52 Å². The molecule has 0 amide bonds. The van der Waals surface area contributed by atoms with E-state index in [0.717, 1.165) is 10.7 Å². The fourth-order valence-electron chi connectivity index (χ4n) is 2.77. The predicted octanol–water partition coefficient (Wildman–Crippen LogP) is 3.51. The van der Waals surface area contributed by atoms with Crippen LogP contribution < -0.4 is 5.32 Å². The maximum Gasteiger partial charge on any atom is 0.433 e. The minimum absolute atomic E-state index is 0.124. The number of fused-ring (bicyclic) bond motifs is 1. The molecule has 0 radical (unpaired) electrons. The molecule has 7 nitrogen and oxygen atoms in total. The number of alkyl halides is 3. The summed E-state index contributed by atoms with van der Waals surface area (Å²) in [7, 11) is 0. The molecule has 140 valence electrons. The van der Waals surface area contributed by atoms with Gasteiger partial charge in [-0.1, -0.05) is 12.1 Å². The normalized spacial score (nSPS) is 13.3. The first-order chi connectivity index (χ1) is 12.1. The summed E-state index contributed by atoms with van der Waals surface area (Å²) in [5.41, 5.74) is 0.632. The predicted molar refractivity (Wildman–Crippen MR) is 88.7 cm³/mol. The lowest BCUT2D eigenvalue weighted by atomic mass is 10.1. The van der Waals surface area contributed by atoms with E-state index in [9.17, 15) is 13.2 Å². The summed E-state index contributed by atoms with van der Waals surface area (Å²) in [5.74, 6) is 0.956. The van der Waals surface area contributed by atoms with Gasteiger partial charge in [-0.15, -0.1) is 0 Å². The van der Waals surface area contributed by atoms with Crippen LogP contribution in [0.3, 0.4) is 0 Å². The quantitative estimate of drug-likeness (QED) is 0.742. The van der Waals surface area contributed by atoms with Crippen LogP contribution in [0.1, 0.15) is 29.8 Å². The first kappa shape index (κ1) is 18.2. The van der Waals surface area contributed by atoms with Crippen LogP contribution in [0.25, 0.3) is 11.1 Å². The molecule has 0 saturated carbocycles. The standard InChI is InChI=1S/C16H19F3N6O/c1-8(7-25-12(16(17,18)19)5-9(2)23-25)6-20-14-13-10(3)24-26-15(13)22-11(4)21-14/h5,8H,6-7H2,1-4H3,(H,20,21,22)/t8-/m1/s1. The highest BCUT2D eigenvalue weighted by molar-refractivity contribution is 5.87. The van der Waals surface area contributed by atoms with Crippen molar-refractivity contribution in [3.05, 3.63) is 29.0 Å². The summed E-state index contributed by atoms with van der Waals surface area (Å²) in [6.07, 6.45) is -4.43. The van der Waals surface area contributed by atoms with Crippen LogP contribution in [-0.2, 0) is 12.7 Å². The number of rotatable bonds is 5. The molecular formula is C16H19F3N6O. The maximum absolute atomic E-state index is 13.1. The van der Waals surface area contributed by atoms with Crippen LogP contribution in [0.4, 0.5) is 19.0 Å². The summed E-state index contributed by atoms with van der Waals surface area (Å²) in [5, 5.41) is 11.7. The average molecular weight is 368 g/mol. The summed E-state index contributed by atoms with van der Waals surface area (Å²) in [4.78, 5) is 8.52. The Labute approximate surface area is 147 Å². The lowest BCUT2D eigenvalue weighted by Crippen LogP contribution is -2.22. The molecule has 0 aromatic carbocycles. The average Bonchev–Trinajstić information content (AvgIpc) is 3.07. The highest BCUT2D eigenvalue weighted by Crippen LogP contribution is 2.30. The highest BCUT2D eigenvalue weighted by Gasteiger charge is 2.35. The molecule has 3 aromatic heterocycles. The molecule has 3 heterocycles. The zero-order valence-electron chi connectivity index (χ0n) is 14.8. The number of anilines is 1. The van der Waals surface area contributed by atoms with Crippen molar-refractivity contribution in [1.82, 2.24) is 24.9 Å². The Hall–Kier alpha value is -2.65. The van der Waals surface area contributed by atoms with Gasteiger partial charge in [0.25, 0.3) is 5.71 Å². The molecule has 3 rings (SSSR count). The highest BCUT2D eigenvalue weighted by atomic mass is 19.4. The Kier molecular flexibility index (Phi) is 4.59. The van der Waals surface area contributed by atoms with Gasteiger partial charge in [-0.3, -0.25) is 4.68 Å². The number of hydrogen-bond donors (Lipinski definition) is 1. The first-order valence-electron chi connectivity index (χ1n) is 8.11. The summed E-state index contributed by atoms with van der Waals surface area (Å²) >= 11 is 0. The van der Waals surface area contributed by atoms with Crippen molar-refractivity contribution < 1.29 is 17.7 Å². The molecule has 3 aromatic rings. The van der Waals surface area contributed by atoms with E-state index < -0.39 is 11.9 Å². The van der Waals surface area contributed by atoms with Crippen molar-refractivity contribution in [3.8, 4) is 0 Å². The smallest absolute Gasteiger partial charge is 0.369 e. The molecule has 0 aliphatic rings. The third-order valence-electron chi connectivity index (χ3n) is 3.91. The maximum atomic E-state index is 13.1. The molecule has 1 atom stereocenters.